The number of hydrogen-bond donors (Lipinski definition) is 2. The molecular formula is C16H22N2O3S. The molecule has 1 saturated heterocycles. The van der Waals surface area contributed by atoms with Gasteiger partial charge in [-0.3, -0.25) is 4.79 Å². The van der Waals surface area contributed by atoms with Gasteiger partial charge in [-0.1, -0.05) is 24.3 Å². The molecule has 2 aliphatic rings. The Hall–Kier alpha value is -1.40. The standard InChI is InChI=1S/C16H22N2O3S/c19-16(9-12-6-8-22(20,21)11-12)18-10-15-14-4-2-1-3-13(14)5-7-17-15/h1-4,12,15,17H,5-11H2,(H,18,19). The van der Waals surface area contributed by atoms with Crippen LogP contribution in [0, 0.1) is 5.92 Å². The Labute approximate surface area is 131 Å². The van der Waals surface area contributed by atoms with Crippen LogP contribution in [0.25, 0.3) is 0 Å². The second-order valence-electron chi connectivity index (χ2n) is 6.23. The van der Waals surface area contributed by atoms with E-state index in [0.717, 1.165) is 13.0 Å². The van der Waals surface area contributed by atoms with Crippen LogP contribution in [-0.2, 0) is 21.1 Å². The summed E-state index contributed by atoms with van der Waals surface area (Å²) in [6, 6.07) is 8.43. The summed E-state index contributed by atoms with van der Waals surface area (Å²) in [5.74, 6) is 0.316. The average molecular weight is 322 g/mol. The lowest BCUT2D eigenvalue weighted by atomic mass is 9.94. The first kappa shape index (κ1) is 15.5. The lowest BCUT2D eigenvalue weighted by Gasteiger charge is -2.27. The fourth-order valence-corrected chi connectivity index (χ4v) is 5.22. The third-order valence-electron chi connectivity index (χ3n) is 4.52. The molecule has 2 unspecified atom stereocenters. The molecule has 0 bridgehead atoms. The first-order chi connectivity index (χ1) is 10.5. The van der Waals surface area contributed by atoms with Gasteiger partial charge in [-0.05, 0) is 36.4 Å². The molecule has 120 valence electrons. The van der Waals surface area contributed by atoms with Gasteiger partial charge in [0.2, 0.25) is 5.91 Å². The maximum absolute atomic E-state index is 12.0. The van der Waals surface area contributed by atoms with Crippen LogP contribution in [0.1, 0.15) is 30.0 Å². The Morgan fingerprint density at radius 1 is 1.32 bits per heavy atom. The Bertz CT molecular complexity index is 657. The molecule has 3 rings (SSSR count). The highest BCUT2D eigenvalue weighted by Crippen LogP contribution is 2.23. The number of benzene rings is 1. The van der Waals surface area contributed by atoms with E-state index in [4.69, 9.17) is 0 Å². The highest BCUT2D eigenvalue weighted by molar-refractivity contribution is 7.91. The minimum Gasteiger partial charge on any atom is -0.354 e. The quantitative estimate of drug-likeness (QED) is 0.860. The number of fused-ring (bicyclic) bond motifs is 1. The zero-order valence-corrected chi connectivity index (χ0v) is 13.4. The summed E-state index contributed by atoms with van der Waals surface area (Å²) in [4.78, 5) is 12.0. The summed E-state index contributed by atoms with van der Waals surface area (Å²) in [5, 5.41) is 6.38. The number of amides is 1. The number of sulfone groups is 1. The molecule has 0 spiro atoms. The van der Waals surface area contributed by atoms with Crippen molar-refractivity contribution in [2.45, 2.75) is 25.3 Å². The van der Waals surface area contributed by atoms with Crippen LogP contribution < -0.4 is 10.6 Å². The Kier molecular flexibility index (Phi) is 4.49. The zero-order chi connectivity index (χ0) is 15.6. The predicted octanol–water partition coefficient (Wildman–Crippen LogP) is 0.814. The molecule has 2 aliphatic heterocycles. The third-order valence-corrected chi connectivity index (χ3v) is 6.36. The third kappa shape index (κ3) is 3.67. The molecular weight excluding hydrogens is 300 g/mol. The molecule has 0 radical (unpaired) electrons. The molecule has 2 heterocycles. The van der Waals surface area contributed by atoms with Crippen LogP contribution in [0.2, 0.25) is 0 Å². The van der Waals surface area contributed by atoms with Crippen LogP contribution in [0.15, 0.2) is 24.3 Å². The fourth-order valence-electron chi connectivity index (χ4n) is 3.36. The molecule has 22 heavy (non-hydrogen) atoms. The van der Waals surface area contributed by atoms with E-state index < -0.39 is 9.84 Å². The van der Waals surface area contributed by atoms with Crippen molar-refractivity contribution in [1.82, 2.24) is 10.6 Å². The number of hydrogen-bond acceptors (Lipinski definition) is 4. The van der Waals surface area contributed by atoms with Crippen molar-refractivity contribution in [1.29, 1.82) is 0 Å². The zero-order valence-electron chi connectivity index (χ0n) is 12.5. The van der Waals surface area contributed by atoms with Crippen molar-refractivity contribution < 1.29 is 13.2 Å². The van der Waals surface area contributed by atoms with Crippen molar-refractivity contribution in [3.05, 3.63) is 35.4 Å². The number of carbonyl (C=O) groups excluding carboxylic acids is 1. The van der Waals surface area contributed by atoms with Gasteiger partial charge < -0.3 is 10.6 Å². The highest BCUT2D eigenvalue weighted by Gasteiger charge is 2.29. The monoisotopic (exact) mass is 322 g/mol. The summed E-state index contributed by atoms with van der Waals surface area (Å²) in [7, 11) is -2.91. The summed E-state index contributed by atoms with van der Waals surface area (Å²) in [6.07, 6.45) is 1.94. The number of rotatable bonds is 4. The van der Waals surface area contributed by atoms with Gasteiger partial charge in [-0.2, -0.15) is 0 Å². The van der Waals surface area contributed by atoms with Gasteiger partial charge in [0.1, 0.15) is 0 Å². The molecule has 5 nitrogen and oxygen atoms in total. The first-order valence-electron chi connectivity index (χ1n) is 7.82. The second kappa shape index (κ2) is 6.38. The van der Waals surface area contributed by atoms with E-state index in [9.17, 15) is 13.2 Å². The lowest BCUT2D eigenvalue weighted by molar-refractivity contribution is -0.121. The second-order valence-corrected chi connectivity index (χ2v) is 8.46. The van der Waals surface area contributed by atoms with Crippen molar-refractivity contribution in [3.8, 4) is 0 Å². The molecule has 6 heteroatoms. The Morgan fingerprint density at radius 2 is 2.14 bits per heavy atom. The summed E-state index contributed by atoms with van der Waals surface area (Å²) < 4.78 is 22.8. The van der Waals surface area contributed by atoms with Gasteiger partial charge >= 0.3 is 0 Å². The van der Waals surface area contributed by atoms with E-state index in [1.165, 1.54) is 11.1 Å². The summed E-state index contributed by atoms with van der Waals surface area (Å²) in [5.41, 5.74) is 2.58. The molecule has 0 saturated carbocycles. The maximum Gasteiger partial charge on any atom is 0.220 e. The molecule has 1 aromatic rings. The Balaban J connectivity index is 1.52. The van der Waals surface area contributed by atoms with Crippen LogP contribution in [-0.4, -0.2) is 38.9 Å². The molecule has 1 aromatic carbocycles. The van der Waals surface area contributed by atoms with Crippen molar-refractivity contribution in [2.75, 3.05) is 24.6 Å². The van der Waals surface area contributed by atoms with Crippen LogP contribution >= 0.6 is 0 Å². The first-order valence-corrected chi connectivity index (χ1v) is 9.64. The van der Waals surface area contributed by atoms with Gasteiger partial charge in [-0.15, -0.1) is 0 Å². The summed E-state index contributed by atoms with van der Waals surface area (Å²) in [6.45, 7) is 1.47. The molecule has 2 atom stereocenters. The van der Waals surface area contributed by atoms with Crippen LogP contribution in [0.3, 0.4) is 0 Å². The SMILES string of the molecule is O=C(CC1CCS(=O)(=O)C1)NCC1NCCc2ccccc21. The van der Waals surface area contributed by atoms with Crippen LogP contribution in [0.4, 0.5) is 0 Å². The minimum atomic E-state index is -2.91. The van der Waals surface area contributed by atoms with Crippen molar-refractivity contribution in [2.24, 2.45) is 5.92 Å². The molecule has 1 fully saturated rings. The lowest BCUT2D eigenvalue weighted by Crippen LogP contribution is -2.39. The molecule has 2 N–H and O–H groups in total. The largest absolute Gasteiger partial charge is 0.354 e. The summed E-state index contributed by atoms with van der Waals surface area (Å²) >= 11 is 0. The highest BCUT2D eigenvalue weighted by atomic mass is 32.2. The van der Waals surface area contributed by atoms with Crippen LogP contribution in [0.5, 0.6) is 0 Å². The van der Waals surface area contributed by atoms with E-state index in [1.54, 1.807) is 0 Å². The van der Waals surface area contributed by atoms with Gasteiger partial charge in [0.15, 0.2) is 9.84 Å². The van der Waals surface area contributed by atoms with E-state index in [1.807, 2.05) is 12.1 Å². The molecule has 0 aromatic heterocycles. The number of carbonyl (C=O) groups is 1. The van der Waals surface area contributed by atoms with E-state index >= 15 is 0 Å². The minimum absolute atomic E-state index is 0.0170. The van der Waals surface area contributed by atoms with Gasteiger partial charge in [-0.25, -0.2) is 8.42 Å². The average Bonchev–Trinajstić information content (AvgIpc) is 2.84. The smallest absolute Gasteiger partial charge is 0.220 e. The predicted molar refractivity (Wildman–Crippen MR) is 85.3 cm³/mol. The van der Waals surface area contributed by atoms with E-state index in [2.05, 4.69) is 22.8 Å². The molecule has 0 aliphatic carbocycles. The maximum atomic E-state index is 12.0. The Morgan fingerprint density at radius 3 is 2.91 bits per heavy atom. The molecule has 1 amide bonds. The van der Waals surface area contributed by atoms with E-state index in [-0.39, 0.29) is 29.4 Å². The topological polar surface area (TPSA) is 75.3 Å². The van der Waals surface area contributed by atoms with Crippen molar-refractivity contribution >= 4 is 15.7 Å². The normalized spacial score (nSPS) is 26.4. The van der Waals surface area contributed by atoms with Crippen molar-refractivity contribution in [3.63, 3.8) is 0 Å². The fraction of sp³-hybridized carbons (Fsp3) is 0.562. The van der Waals surface area contributed by atoms with Gasteiger partial charge in [0, 0.05) is 19.0 Å². The van der Waals surface area contributed by atoms with Gasteiger partial charge in [0.05, 0.1) is 11.5 Å². The number of nitrogens with one attached hydrogen (secondary N) is 2. The van der Waals surface area contributed by atoms with E-state index in [0.29, 0.717) is 19.4 Å². The van der Waals surface area contributed by atoms with Gasteiger partial charge in [0.25, 0.3) is 0 Å².